The molecule has 1 unspecified atom stereocenters. The Morgan fingerprint density at radius 1 is 1.12 bits per heavy atom. The van der Waals surface area contributed by atoms with E-state index in [1.165, 1.54) is 19.3 Å². The highest BCUT2D eigenvalue weighted by Gasteiger charge is 2.54. The number of amidine groups is 1. The van der Waals surface area contributed by atoms with E-state index in [4.69, 9.17) is 4.99 Å². The second-order valence-corrected chi connectivity index (χ2v) is 12.1. The van der Waals surface area contributed by atoms with E-state index >= 15 is 0 Å². The predicted octanol–water partition coefficient (Wildman–Crippen LogP) is 4.71. The van der Waals surface area contributed by atoms with Crippen LogP contribution in [0.25, 0.3) is 0 Å². The molecule has 180 valence electrons. The Kier molecular flexibility index (Phi) is 5.51. The minimum Gasteiger partial charge on any atom is -0.355 e. The molecule has 4 bridgehead atoms. The van der Waals surface area contributed by atoms with Gasteiger partial charge in [0, 0.05) is 25.0 Å². The van der Waals surface area contributed by atoms with Gasteiger partial charge in [0.05, 0.1) is 22.7 Å². The molecule has 7 rings (SSSR count). The number of allylic oxidation sites excluding steroid dienone is 1. The van der Waals surface area contributed by atoms with Gasteiger partial charge in [-0.15, -0.1) is 0 Å². The lowest BCUT2D eigenvalue weighted by atomic mass is 9.49. The van der Waals surface area contributed by atoms with Crippen molar-refractivity contribution in [3.8, 4) is 0 Å². The lowest BCUT2D eigenvalue weighted by Crippen LogP contribution is -2.51. The number of carbonyl (C=O) groups is 2. The highest BCUT2D eigenvalue weighted by atomic mass is 32.2. The van der Waals surface area contributed by atoms with Gasteiger partial charge >= 0.3 is 0 Å². The molecule has 5 fully saturated rings. The summed E-state index contributed by atoms with van der Waals surface area (Å²) >= 11 is 1.76. The molecule has 2 N–H and O–H groups in total. The van der Waals surface area contributed by atoms with Crippen molar-refractivity contribution in [2.75, 3.05) is 24.7 Å². The normalized spacial score (nSPS) is 33.9. The summed E-state index contributed by atoms with van der Waals surface area (Å²) < 4.78 is 0. The summed E-state index contributed by atoms with van der Waals surface area (Å²) in [7, 11) is 1.67. The van der Waals surface area contributed by atoms with Gasteiger partial charge in [-0.1, -0.05) is 23.9 Å². The number of rotatable bonds is 4. The molecular formula is C27H34N4O2S. The minimum absolute atomic E-state index is 0.0936. The highest BCUT2D eigenvalue weighted by molar-refractivity contribution is 8.13. The number of nitrogens with one attached hydrogen (secondary N) is 2. The number of hydrogen-bond acceptors (Lipinski definition) is 5. The van der Waals surface area contributed by atoms with Gasteiger partial charge in [-0.2, -0.15) is 0 Å². The smallest absolute Gasteiger partial charge is 0.251 e. The Balaban J connectivity index is 1.30. The number of likely N-dealkylation sites (N-methyl/N-ethyl adjacent to an activating group) is 1. The SMILES string of the molecule is CNC(=O)C1=C(C)N=C2SCCCN2C1c1cccc(NC(=O)C23CC4CC(CC(C4)C2)C3)c1. The van der Waals surface area contributed by atoms with Crippen LogP contribution < -0.4 is 10.6 Å². The maximum absolute atomic E-state index is 13.6. The van der Waals surface area contributed by atoms with Gasteiger partial charge < -0.3 is 15.5 Å². The molecule has 0 radical (unpaired) electrons. The molecule has 4 aliphatic carbocycles. The molecule has 4 saturated carbocycles. The molecule has 1 aromatic carbocycles. The Bertz CT molecular complexity index is 1060. The molecule has 2 aliphatic heterocycles. The van der Waals surface area contributed by atoms with Gasteiger partial charge in [0.15, 0.2) is 5.17 Å². The van der Waals surface area contributed by atoms with E-state index in [9.17, 15) is 9.59 Å². The monoisotopic (exact) mass is 478 g/mol. The summed E-state index contributed by atoms with van der Waals surface area (Å²) in [6.45, 7) is 2.80. The molecule has 34 heavy (non-hydrogen) atoms. The van der Waals surface area contributed by atoms with Crippen LogP contribution in [0.3, 0.4) is 0 Å². The van der Waals surface area contributed by atoms with Crippen LogP contribution in [0.15, 0.2) is 40.5 Å². The van der Waals surface area contributed by atoms with Gasteiger partial charge in [-0.05, 0) is 87.3 Å². The number of anilines is 1. The maximum atomic E-state index is 13.6. The van der Waals surface area contributed by atoms with Crippen LogP contribution in [0.4, 0.5) is 5.69 Å². The number of thioether (sulfide) groups is 1. The highest BCUT2D eigenvalue weighted by Crippen LogP contribution is 2.60. The second-order valence-electron chi connectivity index (χ2n) is 11.0. The first-order chi connectivity index (χ1) is 16.5. The number of benzene rings is 1. The van der Waals surface area contributed by atoms with Crippen LogP contribution in [0.5, 0.6) is 0 Å². The largest absolute Gasteiger partial charge is 0.355 e. The van der Waals surface area contributed by atoms with E-state index in [-0.39, 0.29) is 23.3 Å². The zero-order chi connectivity index (χ0) is 23.4. The van der Waals surface area contributed by atoms with Crippen LogP contribution in [0.1, 0.15) is 63.5 Å². The van der Waals surface area contributed by atoms with Crippen molar-refractivity contribution in [1.29, 1.82) is 0 Å². The van der Waals surface area contributed by atoms with Crippen molar-refractivity contribution in [2.45, 2.75) is 57.9 Å². The first-order valence-corrected chi connectivity index (χ1v) is 13.8. The van der Waals surface area contributed by atoms with Crippen LogP contribution in [-0.4, -0.2) is 41.2 Å². The first-order valence-electron chi connectivity index (χ1n) is 12.8. The van der Waals surface area contributed by atoms with Crippen molar-refractivity contribution >= 4 is 34.4 Å². The third-order valence-corrected chi connectivity index (χ3v) is 9.79. The zero-order valence-corrected chi connectivity index (χ0v) is 20.9. The summed E-state index contributed by atoms with van der Waals surface area (Å²) in [4.78, 5) is 33.6. The zero-order valence-electron chi connectivity index (χ0n) is 20.1. The summed E-state index contributed by atoms with van der Waals surface area (Å²) in [5.41, 5.74) is 3.14. The van der Waals surface area contributed by atoms with Gasteiger partial charge in [0.1, 0.15) is 0 Å². The van der Waals surface area contributed by atoms with Crippen LogP contribution in [0, 0.1) is 23.2 Å². The van der Waals surface area contributed by atoms with Crippen LogP contribution in [0.2, 0.25) is 0 Å². The molecule has 6 nitrogen and oxygen atoms in total. The molecule has 2 heterocycles. The summed E-state index contributed by atoms with van der Waals surface area (Å²) in [6, 6.07) is 7.94. The van der Waals surface area contributed by atoms with Crippen molar-refractivity contribution in [3.05, 3.63) is 41.1 Å². The number of fused-ring (bicyclic) bond motifs is 1. The van der Waals surface area contributed by atoms with Crippen molar-refractivity contribution in [1.82, 2.24) is 10.2 Å². The standard InChI is InChI=1S/C27H34N4O2S/c1-16-22(24(32)28-2)23(31-7-4-8-34-26(31)29-16)20-5-3-6-21(12-20)30-25(33)27-13-17-9-18(14-27)11-19(10-17)15-27/h3,5-6,12,17-19,23H,4,7-11,13-15H2,1-2H3,(H,28,32)(H,30,33). The van der Waals surface area contributed by atoms with Crippen molar-refractivity contribution < 1.29 is 9.59 Å². The van der Waals surface area contributed by atoms with Crippen LogP contribution >= 0.6 is 11.8 Å². The molecule has 1 aromatic rings. The average molecular weight is 479 g/mol. The fraction of sp³-hybridized carbons (Fsp3) is 0.593. The molecule has 0 spiro atoms. The topological polar surface area (TPSA) is 73.8 Å². The van der Waals surface area contributed by atoms with E-state index in [0.717, 1.165) is 77.9 Å². The lowest BCUT2D eigenvalue weighted by Gasteiger charge is -2.55. The Labute approximate surface area is 206 Å². The second kappa shape index (κ2) is 8.43. The third-order valence-electron chi connectivity index (χ3n) is 8.71. The fourth-order valence-electron chi connectivity index (χ4n) is 7.68. The predicted molar refractivity (Wildman–Crippen MR) is 136 cm³/mol. The van der Waals surface area contributed by atoms with E-state index in [1.807, 2.05) is 19.1 Å². The minimum atomic E-state index is -0.198. The molecular weight excluding hydrogens is 444 g/mol. The lowest BCUT2D eigenvalue weighted by molar-refractivity contribution is -0.140. The molecule has 0 aromatic heterocycles. The molecule has 2 amide bonds. The average Bonchev–Trinajstić information content (AvgIpc) is 2.82. The van der Waals surface area contributed by atoms with Crippen LogP contribution in [-0.2, 0) is 9.59 Å². The van der Waals surface area contributed by atoms with E-state index in [2.05, 4.69) is 27.7 Å². The number of amides is 2. The van der Waals surface area contributed by atoms with Gasteiger partial charge in [0.2, 0.25) is 5.91 Å². The Morgan fingerprint density at radius 3 is 2.50 bits per heavy atom. The maximum Gasteiger partial charge on any atom is 0.251 e. The first kappa shape index (κ1) is 22.2. The number of hydrogen-bond donors (Lipinski definition) is 2. The van der Waals surface area contributed by atoms with E-state index in [1.54, 1.807) is 18.8 Å². The number of aliphatic imine (C=N–C) groups is 1. The summed E-state index contributed by atoms with van der Waals surface area (Å²) in [5.74, 6) is 3.38. The van der Waals surface area contributed by atoms with E-state index in [0.29, 0.717) is 5.57 Å². The van der Waals surface area contributed by atoms with Gasteiger partial charge in [-0.25, -0.2) is 4.99 Å². The third kappa shape index (κ3) is 3.67. The molecule has 1 atom stereocenters. The summed E-state index contributed by atoms with van der Waals surface area (Å²) in [6.07, 6.45) is 8.21. The fourth-order valence-corrected chi connectivity index (χ4v) is 8.70. The quantitative estimate of drug-likeness (QED) is 0.657. The van der Waals surface area contributed by atoms with Gasteiger partial charge in [0.25, 0.3) is 5.91 Å². The molecule has 7 heteroatoms. The van der Waals surface area contributed by atoms with Crippen molar-refractivity contribution in [3.63, 3.8) is 0 Å². The summed E-state index contributed by atoms with van der Waals surface area (Å²) in [5, 5.41) is 7.11. The van der Waals surface area contributed by atoms with Crippen molar-refractivity contribution in [2.24, 2.45) is 28.2 Å². The Hall–Kier alpha value is -2.28. The Morgan fingerprint density at radius 2 is 1.82 bits per heavy atom. The number of carbonyl (C=O) groups excluding carboxylic acids is 2. The van der Waals surface area contributed by atoms with E-state index < -0.39 is 0 Å². The van der Waals surface area contributed by atoms with Gasteiger partial charge in [-0.3, -0.25) is 9.59 Å². The number of nitrogens with zero attached hydrogens (tertiary/aromatic N) is 2. The molecule has 6 aliphatic rings. The molecule has 1 saturated heterocycles.